The SMILES string of the molecule is CCCc1ccc(-c2cccc3[nH]c(-c4ccc(CCC)cc4CN(C)C)c(-c4ccc(CCC)cc4)c23)cc1. The Morgan fingerprint density at radius 2 is 1.18 bits per heavy atom. The smallest absolute Gasteiger partial charge is 0.0548 e. The van der Waals surface area contributed by atoms with Gasteiger partial charge in [-0.15, -0.1) is 0 Å². The first-order chi connectivity index (χ1) is 19.5. The van der Waals surface area contributed by atoms with E-state index >= 15 is 0 Å². The molecule has 0 saturated carbocycles. The predicted molar refractivity (Wildman–Crippen MR) is 174 cm³/mol. The zero-order valence-corrected chi connectivity index (χ0v) is 25.0. The molecule has 2 heteroatoms. The summed E-state index contributed by atoms with van der Waals surface area (Å²) in [6.07, 6.45) is 6.83. The molecule has 40 heavy (non-hydrogen) atoms. The number of rotatable bonds is 11. The maximum absolute atomic E-state index is 3.91. The number of hydrogen-bond acceptors (Lipinski definition) is 1. The third-order valence-electron chi connectivity index (χ3n) is 7.87. The highest BCUT2D eigenvalue weighted by Gasteiger charge is 2.21. The molecule has 5 rings (SSSR count). The van der Waals surface area contributed by atoms with Crippen molar-refractivity contribution in [2.24, 2.45) is 0 Å². The summed E-state index contributed by atoms with van der Waals surface area (Å²) in [5.41, 5.74) is 14.4. The summed E-state index contributed by atoms with van der Waals surface area (Å²) < 4.78 is 0. The van der Waals surface area contributed by atoms with E-state index in [1.54, 1.807) is 0 Å². The van der Waals surface area contributed by atoms with Gasteiger partial charge in [-0.2, -0.15) is 0 Å². The number of hydrogen-bond donors (Lipinski definition) is 1. The van der Waals surface area contributed by atoms with Gasteiger partial charge in [-0.25, -0.2) is 0 Å². The van der Waals surface area contributed by atoms with Crippen molar-refractivity contribution >= 4 is 10.9 Å². The molecule has 1 N–H and O–H groups in total. The summed E-state index contributed by atoms with van der Waals surface area (Å²) in [7, 11) is 4.32. The monoisotopic (exact) mass is 528 g/mol. The van der Waals surface area contributed by atoms with E-state index in [0.29, 0.717) is 0 Å². The highest BCUT2D eigenvalue weighted by molar-refractivity contribution is 6.11. The van der Waals surface area contributed by atoms with Gasteiger partial charge in [0.25, 0.3) is 0 Å². The highest BCUT2D eigenvalue weighted by Crippen LogP contribution is 2.44. The minimum absolute atomic E-state index is 0.906. The molecule has 0 spiro atoms. The lowest BCUT2D eigenvalue weighted by Gasteiger charge is -2.17. The van der Waals surface area contributed by atoms with Crippen molar-refractivity contribution in [1.29, 1.82) is 0 Å². The predicted octanol–water partition coefficient (Wildman–Crippen LogP) is 10.1. The van der Waals surface area contributed by atoms with Crippen molar-refractivity contribution in [3.63, 3.8) is 0 Å². The summed E-state index contributed by atoms with van der Waals surface area (Å²) in [4.78, 5) is 6.18. The molecule has 0 aliphatic heterocycles. The first-order valence-electron chi connectivity index (χ1n) is 15.1. The number of fused-ring (bicyclic) bond motifs is 1. The second kappa shape index (κ2) is 12.7. The number of nitrogens with zero attached hydrogens (tertiary/aromatic N) is 1. The first kappa shape index (κ1) is 27.9. The Hall–Kier alpha value is -3.62. The van der Waals surface area contributed by atoms with Crippen LogP contribution in [0.1, 0.15) is 62.3 Å². The van der Waals surface area contributed by atoms with Gasteiger partial charge in [0.2, 0.25) is 0 Å². The van der Waals surface area contributed by atoms with E-state index in [1.165, 1.54) is 73.1 Å². The lowest BCUT2D eigenvalue weighted by molar-refractivity contribution is 0.403. The van der Waals surface area contributed by atoms with Crippen LogP contribution in [0.5, 0.6) is 0 Å². The van der Waals surface area contributed by atoms with Crippen LogP contribution >= 0.6 is 0 Å². The lowest BCUT2D eigenvalue weighted by atomic mass is 9.90. The van der Waals surface area contributed by atoms with Gasteiger partial charge in [-0.05, 0) is 78.4 Å². The summed E-state index contributed by atoms with van der Waals surface area (Å²) >= 11 is 0. The number of benzene rings is 4. The van der Waals surface area contributed by atoms with Gasteiger partial charge in [0, 0.05) is 28.6 Å². The topological polar surface area (TPSA) is 19.0 Å². The zero-order chi connectivity index (χ0) is 28.1. The summed E-state index contributed by atoms with van der Waals surface area (Å²) in [6, 6.07) is 32.3. The second-order valence-electron chi connectivity index (χ2n) is 11.5. The van der Waals surface area contributed by atoms with Crippen LogP contribution < -0.4 is 0 Å². The van der Waals surface area contributed by atoms with Gasteiger partial charge < -0.3 is 9.88 Å². The molecule has 4 aromatic carbocycles. The van der Waals surface area contributed by atoms with Crippen molar-refractivity contribution in [3.8, 4) is 33.5 Å². The first-order valence-corrected chi connectivity index (χ1v) is 15.1. The molecule has 0 fully saturated rings. The molecular formula is C38H44N2. The van der Waals surface area contributed by atoms with E-state index in [4.69, 9.17) is 0 Å². The van der Waals surface area contributed by atoms with Crippen molar-refractivity contribution in [2.45, 2.75) is 65.8 Å². The Labute approximate surface area is 241 Å². The molecule has 0 unspecified atom stereocenters. The average Bonchev–Trinajstić information content (AvgIpc) is 3.34. The van der Waals surface area contributed by atoms with Crippen LogP contribution in [-0.2, 0) is 25.8 Å². The maximum atomic E-state index is 3.91. The molecule has 206 valence electrons. The molecule has 0 amide bonds. The fourth-order valence-electron chi connectivity index (χ4n) is 6.05. The average molecular weight is 529 g/mol. The van der Waals surface area contributed by atoms with Crippen molar-refractivity contribution in [3.05, 3.63) is 107 Å². The van der Waals surface area contributed by atoms with Gasteiger partial charge in [-0.3, -0.25) is 0 Å². The fourth-order valence-corrected chi connectivity index (χ4v) is 6.05. The number of aromatic amines is 1. The number of H-pyrrole nitrogens is 1. The third kappa shape index (κ3) is 5.93. The van der Waals surface area contributed by atoms with Gasteiger partial charge >= 0.3 is 0 Å². The molecule has 0 aliphatic carbocycles. The summed E-state index contributed by atoms with van der Waals surface area (Å²) in [5, 5.41) is 1.30. The van der Waals surface area contributed by atoms with Crippen molar-refractivity contribution < 1.29 is 0 Å². The van der Waals surface area contributed by atoms with Crippen LogP contribution in [0.3, 0.4) is 0 Å². The minimum Gasteiger partial charge on any atom is -0.354 e. The summed E-state index contributed by atoms with van der Waals surface area (Å²) in [5.74, 6) is 0. The van der Waals surface area contributed by atoms with Crippen LogP contribution in [0.4, 0.5) is 0 Å². The van der Waals surface area contributed by atoms with Crippen LogP contribution in [-0.4, -0.2) is 24.0 Å². The molecule has 0 radical (unpaired) electrons. The minimum atomic E-state index is 0.906. The lowest BCUT2D eigenvalue weighted by Crippen LogP contribution is -2.12. The van der Waals surface area contributed by atoms with Crippen LogP contribution in [0.15, 0.2) is 84.9 Å². The van der Waals surface area contributed by atoms with Crippen molar-refractivity contribution in [2.75, 3.05) is 14.1 Å². The number of aromatic nitrogens is 1. The van der Waals surface area contributed by atoms with Crippen LogP contribution in [0.2, 0.25) is 0 Å². The standard InChI is InChI=1S/C38H44N2/c1-6-10-27-15-20-30(21-16-27)33-13-9-14-35-37(33)36(31-22-17-28(11-7-2)18-23-31)38(39-35)34-24-19-29(12-8-3)25-32(34)26-40(4)5/h9,13-25,39H,6-8,10-12,26H2,1-5H3. The maximum Gasteiger partial charge on any atom is 0.0548 e. The quantitative estimate of drug-likeness (QED) is 0.181. The fraction of sp³-hybridized carbons (Fsp3) is 0.316. The zero-order valence-electron chi connectivity index (χ0n) is 25.0. The van der Waals surface area contributed by atoms with E-state index in [1.807, 2.05) is 0 Å². The van der Waals surface area contributed by atoms with E-state index in [9.17, 15) is 0 Å². The molecule has 0 bridgehead atoms. The Morgan fingerprint density at radius 3 is 1.77 bits per heavy atom. The van der Waals surface area contributed by atoms with E-state index in [2.05, 4.69) is 130 Å². The van der Waals surface area contributed by atoms with Gasteiger partial charge in [-0.1, -0.05) is 119 Å². The van der Waals surface area contributed by atoms with E-state index < -0.39 is 0 Å². The molecular weight excluding hydrogens is 484 g/mol. The van der Waals surface area contributed by atoms with Gasteiger partial charge in [0.05, 0.1) is 5.69 Å². The van der Waals surface area contributed by atoms with Crippen molar-refractivity contribution in [1.82, 2.24) is 9.88 Å². The Kier molecular flexibility index (Phi) is 8.87. The molecule has 5 aromatic rings. The van der Waals surface area contributed by atoms with Crippen LogP contribution in [0.25, 0.3) is 44.4 Å². The Morgan fingerprint density at radius 1 is 0.600 bits per heavy atom. The number of aryl methyl sites for hydroxylation is 3. The number of nitrogens with one attached hydrogen (secondary N) is 1. The van der Waals surface area contributed by atoms with Gasteiger partial charge in [0.15, 0.2) is 0 Å². The largest absolute Gasteiger partial charge is 0.354 e. The van der Waals surface area contributed by atoms with E-state index in [-0.39, 0.29) is 0 Å². The highest BCUT2D eigenvalue weighted by atomic mass is 15.0. The molecule has 2 nitrogen and oxygen atoms in total. The third-order valence-corrected chi connectivity index (χ3v) is 7.87. The summed E-state index contributed by atoms with van der Waals surface area (Å²) in [6.45, 7) is 7.66. The van der Waals surface area contributed by atoms with E-state index in [0.717, 1.165) is 38.6 Å². The van der Waals surface area contributed by atoms with Crippen LogP contribution in [0, 0.1) is 0 Å². The Balaban J connectivity index is 1.77. The molecule has 0 atom stereocenters. The second-order valence-corrected chi connectivity index (χ2v) is 11.5. The molecule has 0 aliphatic rings. The Bertz CT molecular complexity index is 1550. The molecule has 1 aromatic heterocycles. The van der Waals surface area contributed by atoms with Gasteiger partial charge in [0.1, 0.15) is 0 Å². The molecule has 0 saturated heterocycles. The molecule has 1 heterocycles. The normalized spacial score (nSPS) is 11.6.